The van der Waals surface area contributed by atoms with Gasteiger partial charge in [0.2, 0.25) is 5.91 Å². The first-order valence-corrected chi connectivity index (χ1v) is 11.4. The van der Waals surface area contributed by atoms with Crippen molar-refractivity contribution in [3.8, 4) is 0 Å². The normalized spacial score (nSPS) is 11.7. The molecule has 0 bridgehead atoms. The third kappa shape index (κ3) is 5.04. The molecule has 2 heterocycles. The predicted octanol–water partition coefficient (Wildman–Crippen LogP) is 5.37. The number of aromatic nitrogens is 1. The highest BCUT2D eigenvalue weighted by atomic mass is 32.1. The zero-order chi connectivity index (χ0) is 23.4. The van der Waals surface area contributed by atoms with Gasteiger partial charge in [0.25, 0.3) is 5.91 Å². The van der Waals surface area contributed by atoms with E-state index in [1.165, 1.54) is 11.3 Å². The van der Waals surface area contributed by atoms with E-state index in [9.17, 15) is 9.59 Å². The second kappa shape index (κ2) is 9.83. The van der Waals surface area contributed by atoms with Gasteiger partial charge in [0.1, 0.15) is 16.7 Å². The molecule has 0 aliphatic rings. The Kier molecular flexibility index (Phi) is 6.70. The van der Waals surface area contributed by atoms with Crippen molar-refractivity contribution < 1.29 is 14.0 Å². The van der Waals surface area contributed by atoms with Crippen molar-refractivity contribution in [2.45, 2.75) is 33.4 Å². The van der Waals surface area contributed by atoms with Crippen molar-refractivity contribution in [2.75, 3.05) is 4.90 Å². The highest BCUT2D eigenvalue weighted by molar-refractivity contribution is 7.13. The van der Waals surface area contributed by atoms with Gasteiger partial charge in [0.15, 0.2) is 0 Å². The Hall–Kier alpha value is -3.71. The monoisotopic (exact) mass is 459 g/mol. The number of anilines is 1. The molecule has 0 spiro atoms. The number of rotatable bonds is 7. The van der Waals surface area contributed by atoms with Crippen LogP contribution < -0.4 is 10.2 Å². The summed E-state index contributed by atoms with van der Waals surface area (Å²) in [7, 11) is 0. The van der Waals surface area contributed by atoms with E-state index in [4.69, 9.17) is 4.42 Å². The lowest BCUT2D eigenvalue weighted by molar-refractivity contribution is -0.122. The Bertz CT molecular complexity index is 1250. The van der Waals surface area contributed by atoms with Crippen molar-refractivity contribution in [1.29, 1.82) is 0 Å². The van der Waals surface area contributed by atoms with Crippen LogP contribution in [0.2, 0.25) is 0 Å². The molecule has 1 atom stereocenters. The molecular weight excluding hydrogens is 434 g/mol. The Balaban J connectivity index is 1.81. The fourth-order valence-corrected chi connectivity index (χ4v) is 4.59. The molecule has 7 heteroatoms. The molecule has 2 amide bonds. The number of hydrogen-bond donors (Lipinski definition) is 1. The van der Waals surface area contributed by atoms with Crippen LogP contribution in [-0.2, 0) is 11.3 Å². The van der Waals surface area contributed by atoms with Crippen LogP contribution in [-0.4, -0.2) is 16.8 Å². The van der Waals surface area contributed by atoms with Gasteiger partial charge in [-0.15, -0.1) is 11.3 Å². The lowest BCUT2D eigenvalue weighted by Crippen LogP contribution is -2.44. The molecule has 4 aromatic rings. The maximum absolute atomic E-state index is 13.9. The lowest BCUT2D eigenvalue weighted by Gasteiger charge is -2.31. The van der Waals surface area contributed by atoms with Gasteiger partial charge < -0.3 is 9.73 Å². The average molecular weight is 460 g/mol. The maximum atomic E-state index is 13.9. The highest BCUT2D eigenvalue weighted by Gasteiger charge is 2.35. The smallest absolute Gasteiger partial charge is 0.271 e. The number of benzene rings is 2. The molecule has 0 fully saturated rings. The number of carbonyl (C=O) groups is 2. The predicted molar refractivity (Wildman–Crippen MR) is 129 cm³/mol. The van der Waals surface area contributed by atoms with E-state index in [1.54, 1.807) is 23.3 Å². The molecule has 0 aliphatic heterocycles. The number of aryl methyl sites for hydroxylation is 3. The Morgan fingerprint density at radius 2 is 1.82 bits per heavy atom. The lowest BCUT2D eigenvalue weighted by atomic mass is 10.0. The largest absolute Gasteiger partial charge is 0.467 e. The van der Waals surface area contributed by atoms with E-state index in [2.05, 4.69) is 10.3 Å². The first kappa shape index (κ1) is 22.5. The average Bonchev–Trinajstić information content (AvgIpc) is 3.45. The number of thiazole rings is 1. The first-order chi connectivity index (χ1) is 15.9. The van der Waals surface area contributed by atoms with Crippen LogP contribution >= 0.6 is 11.3 Å². The van der Waals surface area contributed by atoms with Crippen molar-refractivity contribution in [1.82, 2.24) is 10.3 Å². The number of furan rings is 1. The first-order valence-electron chi connectivity index (χ1n) is 10.6. The number of nitrogens with one attached hydrogen (secondary N) is 1. The number of hydrogen-bond acceptors (Lipinski definition) is 5. The molecule has 2 aromatic carbocycles. The summed E-state index contributed by atoms with van der Waals surface area (Å²) in [5.41, 5.74) is 3.00. The minimum absolute atomic E-state index is 0.226. The number of amides is 2. The van der Waals surface area contributed by atoms with Gasteiger partial charge in [-0.2, -0.15) is 0 Å². The highest BCUT2D eigenvalue weighted by Crippen LogP contribution is 2.32. The van der Waals surface area contributed by atoms with Gasteiger partial charge in [-0.25, -0.2) is 4.98 Å². The fourth-order valence-electron chi connectivity index (χ4n) is 3.74. The maximum Gasteiger partial charge on any atom is 0.271 e. The molecular formula is C26H25N3O3S. The zero-order valence-corrected chi connectivity index (χ0v) is 19.6. The molecule has 0 radical (unpaired) electrons. The van der Waals surface area contributed by atoms with Gasteiger partial charge in [-0.1, -0.05) is 42.5 Å². The Morgan fingerprint density at radius 3 is 2.45 bits per heavy atom. The van der Waals surface area contributed by atoms with E-state index in [1.807, 2.05) is 75.4 Å². The summed E-state index contributed by atoms with van der Waals surface area (Å²) in [6.07, 6.45) is 1.56. The van der Waals surface area contributed by atoms with Gasteiger partial charge in [-0.05, 0) is 56.2 Å². The van der Waals surface area contributed by atoms with E-state index >= 15 is 0 Å². The summed E-state index contributed by atoms with van der Waals surface area (Å²) >= 11 is 1.34. The van der Waals surface area contributed by atoms with E-state index in [0.717, 1.165) is 10.6 Å². The zero-order valence-electron chi connectivity index (χ0n) is 18.7. The molecule has 6 nitrogen and oxygen atoms in total. The van der Waals surface area contributed by atoms with Crippen LogP contribution in [0, 0.1) is 20.8 Å². The number of nitrogens with zero attached hydrogens (tertiary/aromatic N) is 2. The fraction of sp³-hybridized carbons (Fsp3) is 0.192. The molecule has 0 saturated heterocycles. The van der Waals surface area contributed by atoms with Gasteiger partial charge >= 0.3 is 0 Å². The van der Waals surface area contributed by atoms with Crippen LogP contribution in [0.3, 0.4) is 0 Å². The second-order valence-electron chi connectivity index (χ2n) is 7.77. The quantitative estimate of drug-likeness (QED) is 0.403. The van der Waals surface area contributed by atoms with Crippen molar-refractivity contribution in [3.63, 3.8) is 0 Å². The van der Waals surface area contributed by atoms with E-state index in [0.29, 0.717) is 27.6 Å². The Morgan fingerprint density at radius 1 is 1.03 bits per heavy atom. The van der Waals surface area contributed by atoms with Crippen molar-refractivity contribution in [3.05, 3.63) is 105 Å². The van der Waals surface area contributed by atoms with Gasteiger partial charge in [-0.3, -0.25) is 14.5 Å². The molecule has 168 valence electrons. The topological polar surface area (TPSA) is 75.4 Å². The summed E-state index contributed by atoms with van der Waals surface area (Å²) in [6, 6.07) is 19.6. The van der Waals surface area contributed by atoms with E-state index in [-0.39, 0.29) is 18.4 Å². The Labute approximate surface area is 196 Å². The minimum Gasteiger partial charge on any atom is -0.467 e. The van der Waals surface area contributed by atoms with Crippen molar-refractivity contribution in [2.24, 2.45) is 0 Å². The standard InChI is InChI=1S/C26H25N3O3S/c1-17-9-7-12-21(15-17)29(26(31)24-18(2)28-19(3)33-24)23(20-10-5-4-6-11-20)25(30)27-16-22-13-8-14-32-22/h4-15,23H,16H2,1-3H3,(H,27,30)/t23-/m0/s1. The molecule has 2 aromatic heterocycles. The third-order valence-electron chi connectivity index (χ3n) is 5.24. The van der Waals surface area contributed by atoms with Crippen LogP contribution in [0.1, 0.15) is 43.3 Å². The van der Waals surface area contributed by atoms with Crippen LogP contribution in [0.25, 0.3) is 0 Å². The molecule has 0 saturated carbocycles. The summed E-state index contributed by atoms with van der Waals surface area (Å²) in [5.74, 6) is 0.0783. The summed E-state index contributed by atoms with van der Waals surface area (Å²) < 4.78 is 5.36. The SMILES string of the molecule is Cc1cccc(N(C(=O)c2sc(C)nc2C)[C@H](C(=O)NCc2ccco2)c2ccccc2)c1. The molecule has 0 unspecified atom stereocenters. The second-order valence-corrected chi connectivity index (χ2v) is 8.98. The van der Waals surface area contributed by atoms with Crippen LogP contribution in [0.4, 0.5) is 5.69 Å². The number of carbonyl (C=O) groups excluding carboxylic acids is 2. The molecule has 4 rings (SSSR count). The van der Waals surface area contributed by atoms with Crippen LogP contribution in [0.15, 0.2) is 77.4 Å². The van der Waals surface area contributed by atoms with E-state index < -0.39 is 6.04 Å². The third-order valence-corrected chi connectivity index (χ3v) is 6.30. The van der Waals surface area contributed by atoms with Gasteiger partial charge in [0.05, 0.1) is 23.5 Å². The minimum atomic E-state index is -0.878. The molecule has 0 aliphatic carbocycles. The van der Waals surface area contributed by atoms with Gasteiger partial charge in [0, 0.05) is 5.69 Å². The van der Waals surface area contributed by atoms with Crippen LogP contribution in [0.5, 0.6) is 0 Å². The summed E-state index contributed by atoms with van der Waals surface area (Å²) in [4.78, 5) is 34.1. The van der Waals surface area contributed by atoms with Crippen molar-refractivity contribution >= 4 is 28.8 Å². The summed E-state index contributed by atoms with van der Waals surface area (Å²) in [6.45, 7) is 5.88. The molecule has 33 heavy (non-hydrogen) atoms. The molecule has 1 N–H and O–H groups in total. The summed E-state index contributed by atoms with van der Waals surface area (Å²) in [5, 5.41) is 3.74.